The topological polar surface area (TPSA) is 81.1 Å². The number of ketones is 1. The van der Waals surface area contributed by atoms with Crippen LogP contribution in [0.3, 0.4) is 0 Å². The molecule has 3 heterocycles. The Labute approximate surface area is 190 Å². The molecule has 9 heteroatoms. The Morgan fingerprint density at radius 2 is 2.00 bits per heavy atom. The van der Waals surface area contributed by atoms with Crippen molar-refractivity contribution in [1.82, 2.24) is 9.88 Å². The van der Waals surface area contributed by atoms with Gasteiger partial charge in [-0.2, -0.15) is 0 Å². The molecule has 1 aromatic carbocycles. The van der Waals surface area contributed by atoms with Crippen molar-refractivity contribution >= 4 is 17.8 Å². The number of carbonyl (C=O) groups is 2. The fraction of sp³-hybridized carbons (Fsp3) is 0.417. The van der Waals surface area contributed by atoms with Crippen molar-refractivity contribution in [2.24, 2.45) is 10.9 Å². The number of aliphatic imine (C=N–C) groups is 1. The molecule has 2 aliphatic rings. The number of hydrogen-bond donors (Lipinski definition) is 0. The fourth-order valence-electron chi connectivity index (χ4n) is 4.47. The molecule has 0 unspecified atom stereocenters. The van der Waals surface area contributed by atoms with Crippen LogP contribution in [0.2, 0.25) is 0 Å². The third kappa shape index (κ3) is 5.35. The van der Waals surface area contributed by atoms with Gasteiger partial charge in [-0.15, -0.1) is 0 Å². The number of halogens is 2. The zero-order chi connectivity index (χ0) is 23.4. The average Bonchev–Trinajstić information content (AvgIpc) is 3.41. The summed E-state index contributed by atoms with van der Waals surface area (Å²) in [7, 11) is 1.35. The number of methoxy groups -OCH3 is 1. The van der Waals surface area contributed by atoms with Crippen LogP contribution in [0.5, 0.6) is 0 Å². The van der Waals surface area contributed by atoms with Gasteiger partial charge < -0.3 is 14.4 Å². The summed E-state index contributed by atoms with van der Waals surface area (Å²) in [6, 6.07) is 11.6. The molecular weight excluding hydrogens is 432 g/mol. The zero-order valence-electron chi connectivity index (χ0n) is 18.2. The van der Waals surface area contributed by atoms with Gasteiger partial charge >= 0.3 is 6.09 Å². The highest BCUT2D eigenvalue weighted by atomic mass is 19.3. The van der Waals surface area contributed by atoms with Crippen molar-refractivity contribution < 1.29 is 27.8 Å². The number of amides is 1. The maximum absolute atomic E-state index is 12.9. The first kappa shape index (κ1) is 22.8. The van der Waals surface area contributed by atoms with Gasteiger partial charge in [-0.1, -0.05) is 30.3 Å². The third-order valence-electron chi connectivity index (χ3n) is 5.99. The molecule has 1 amide bonds. The molecule has 0 radical (unpaired) electrons. The fourth-order valence-corrected chi connectivity index (χ4v) is 4.47. The number of alkyl halides is 2. The Hall–Kier alpha value is -3.36. The summed E-state index contributed by atoms with van der Waals surface area (Å²) in [5.41, 5.74) is 3.08. The van der Waals surface area contributed by atoms with Crippen molar-refractivity contribution in [3.63, 3.8) is 0 Å². The van der Waals surface area contributed by atoms with Gasteiger partial charge in [-0.25, -0.2) is 18.6 Å². The van der Waals surface area contributed by atoms with Gasteiger partial charge in [0.2, 0.25) is 5.90 Å². The van der Waals surface area contributed by atoms with E-state index in [1.165, 1.54) is 13.3 Å². The molecule has 2 aromatic rings. The standard InChI is InChI=1S/C24H25F2N3O4/c1-32-24(31)29-12-17(21(13-29)15-5-3-2-4-6-15)8-19(30)9-18-7-16-10-28-23(20(16)11-27-18)33-14-22(25)26/h2-7,11,17,21-22H,8-10,12-14H2,1H3/t17-,21+/m0/s1. The van der Waals surface area contributed by atoms with E-state index in [1.807, 2.05) is 30.3 Å². The molecule has 7 nitrogen and oxygen atoms in total. The number of pyridine rings is 1. The number of benzene rings is 1. The third-order valence-corrected chi connectivity index (χ3v) is 5.99. The number of nitrogens with zero attached hydrogens (tertiary/aromatic N) is 3. The van der Waals surface area contributed by atoms with Crippen molar-refractivity contribution in [2.75, 3.05) is 26.8 Å². The molecule has 33 heavy (non-hydrogen) atoms. The predicted molar refractivity (Wildman–Crippen MR) is 116 cm³/mol. The van der Waals surface area contributed by atoms with Crippen molar-refractivity contribution in [3.05, 3.63) is 65.0 Å². The normalized spacial score (nSPS) is 19.4. The summed E-state index contributed by atoms with van der Waals surface area (Å²) in [5, 5.41) is 0. The average molecular weight is 457 g/mol. The number of ether oxygens (including phenoxy) is 2. The number of likely N-dealkylation sites (tertiary alicyclic amines) is 1. The first-order valence-electron chi connectivity index (χ1n) is 10.8. The second-order valence-corrected chi connectivity index (χ2v) is 8.23. The number of Topliss-reactive ketones (excluding diaryl/α,β-unsaturated/α-hetero) is 1. The van der Waals surface area contributed by atoms with E-state index in [4.69, 9.17) is 9.47 Å². The van der Waals surface area contributed by atoms with Crippen LogP contribution in [0.1, 0.15) is 34.7 Å². The minimum Gasteiger partial charge on any atom is -0.471 e. The Bertz CT molecular complexity index is 1050. The lowest BCUT2D eigenvalue weighted by atomic mass is 9.85. The molecule has 2 atom stereocenters. The molecule has 2 aliphatic heterocycles. The Kier molecular flexibility index (Phi) is 6.96. The quantitative estimate of drug-likeness (QED) is 0.635. The first-order chi connectivity index (χ1) is 15.9. The zero-order valence-corrected chi connectivity index (χ0v) is 18.2. The van der Waals surface area contributed by atoms with Gasteiger partial charge in [-0.05, 0) is 23.1 Å². The summed E-state index contributed by atoms with van der Waals surface area (Å²) in [4.78, 5) is 35.1. The molecule has 0 N–H and O–H groups in total. The van der Waals surface area contributed by atoms with Crippen molar-refractivity contribution in [2.45, 2.75) is 31.7 Å². The molecule has 0 aliphatic carbocycles. The second kappa shape index (κ2) is 10.1. The first-order valence-corrected chi connectivity index (χ1v) is 10.8. The van der Waals surface area contributed by atoms with Crippen LogP contribution in [-0.4, -0.2) is 60.9 Å². The van der Waals surface area contributed by atoms with Crippen LogP contribution >= 0.6 is 0 Å². The molecule has 4 rings (SSSR count). The summed E-state index contributed by atoms with van der Waals surface area (Å²) in [6.45, 7) is 0.550. The Morgan fingerprint density at radius 3 is 2.73 bits per heavy atom. The van der Waals surface area contributed by atoms with E-state index in [-0.39, 0.29) is 29.9 Å². The van der Waals surface area contributed by atoms with Gasteiger partial charge in [0.15, 0.2) is 6.61 Å². The van der Waals surface area contributed by atoms with Gasteiger partial charge in [0, 0.05) is 43.7 Å². The van der Waals surface area contributed by atoms with Gasteiger partial charge in [0.1, 0.15) is 5.78 Å². The van der Waals surface area contributed by atoms with E-state index in [2.05, 4.69) is 9.98 Å². The summed E-state index contributed by atoms with van der Waals surface area (Å²) < 4.78 is 34.7. The lowest BCUT2D eigenvalue weighted by Crippen LogP contribution is -2.28. The highest BCUT2D eigenvalue weighted by Gasteiger charge is 2.37. The molecule has 0 spiro atoms. The molecule has 0 saturated carbocycles. The number of rotatable bonds is 7. The SMILES string of the molecule is COC(=O)N1C[C@H](CC(=O)Cc2cc3c(cn2)C(OCC(F)F)=NC3)[C@@H](c2ccccc2)C1. The van der Waals surface area contributed by atoms with Crippen LogP contribution in [0.15, 0.2) is 47.6 Å². The van der Waals surface area contributed by atoms with E-state index in [0.717, 1.165) is 11.1 Å². The van der Waals surface area contributed by atoms with E-state index >= 15 is 0 Å². The molecule has 174 valence electrons. The summed E-state index contributed by atoms with van der Waals surface area (Å²) in [5.74, 6) is 0.208. The molecule has 1 saturated heterocycles. The Balaban J connectivity index is 1.41. The van der Waals surface area contributed by atoms with Crippen LogP contribution in [0.4, 0.5) is 13.6 Å². The van der Waals surface area contributed by atoms with Crippen LogP contribution in [-0.2, 0) is 27.2 Å². The van der Waals surface area contributed by atoms with Crippen molar-refractivity contribution in [1.29, 1.82) is 0 Å². The van der Waals surface area contributed by atoms with Crippen molar-refractivity contribution in [3.8, 4) is 0 Å². The van der Waals surface area contributed by atoms with E-state index in [1.54, 1.807) is 11.0 Å². The molecule has 1 fully saturated rings. The van der Waals surface area contributed by atoms with Gasteiger partial charge in [0.05, 0.1) is 19.2 Å². The maximum atomic E-state index is 12.9. The Morgan fingerprint density at radius 1 is 1.21 bits per heavy atom. The largest absolute Gasteiger partial charge is 0.471 e. The highest BCUT2D eigenvalue weighted by molar-refractivity contribution is 5.97. The highest BCUT2D eigenvalue weighted by Crippen LogP contribution is 2.35. The summed E-state index contributed by atoms with van der Waals surface area (Å²) >= 11 is 0. The second-order valence-electron chi connectivity index (χ2n) is 8.23. The van der Waals surface area contributed by atoms with E-state index < -0.39 is 19.1 Å². The van der Waals surface area contributed by atoms with Gasteiger partial charge in [-0.3, -0.25) is 9.78 Å². The minimum atomic E-state index is -2.58. The van der Waals surface area contributed by atoms with Crippen LogP contribution in [0.25, 0.3) is 0 Å². The number of aromatic nitrogens is 1. The van der Waals surface area contributed by atoms with Crippen LogP contribution < -0.4 is 0 Å². The number of carbonyl (C=O) groups excluding carboxylic acids is 2. The van der Waals surface area contributed by atoms with Gasteiger partial charge in [0.25, 0.3) is 6.43 Å². The van der Waals surface area contributed by atoms with E-state index in [9.17, 15) is 18.4 Å². The number of fused-ring (bicyclic) bond motifs is 1. The minimum absolute atomic E-state index is 0.0215. The maximum Gasteiger partial charge on any atom is 0.409 e. The predicted octanol–water partition coefficient (Wildman–Crippen LogP) is 3.61. The lowest BCUT2D eigenvalue weighted by Gasteiger charge is -2.17. The molecule has 1 aromatic heterocycles. The smallest absolute Gasteiger partial charge is 0.409 e. The van der Waals surface area contributed by atoms with E-state index in [0.29, 0.717) is 37.3 Å². The summed E-state index contributed by atoms with van der Waals surface area (Å²) in [6.07, 6.45) is -0.985. The lowest BCUT2D eigenvalue weighted by molar-refractivity contribution is -0.119. The number of hydrogen-bond acceptors (Lipinski definition) is 6. The van der Waals surface area contributed by atoms with Crippen LogP contribution in [0, 0.1) is 5.92 Å². The molecule has 0 bridgehead atoms. The molecular formula is C24H25F2N3O4. The monoisotopic (exact) mass is 457 g/mol.